The molecular weight excluding hydrogens is 452 g/mol. The van der Waals surface area contributed by atoms with Gasteiger partial charge in [-0.15, -0.1) is 0 Å². The molecule has 2 aromatic rings. The highest BCUT2D eigenvalue weighted by molar-refractivity contribution is 6.02. The van der Waals surface area contributed by atoms with Crippen molar-refractivity contribution in [3.8, 4) is 22.8 Å². The zero-order chi connectivity index (χ0) is 25.3. The average molecular weight is 485 g/mol. The van der Waals surface area contributed by atoms with Gasteiger partial charge in [0.15, 0.2) is 5.78 Å². The molecule has 0 bridgehead atoms. The molecule has 2 heterocycles. The van der Waals surface area contributed by atoms with E-state index in [1.807, 2.05) is 6.92 Å². The molecule has 35 heavy (non-hydrogen) atoms. The summed E-state index contributed by atoms with van der Waals surface area (Å²) in [4.78, 5) is 27.1. The lowest BCUT2D eigenvalue weighted by Gasteiger charge is -2.64. The maximum absolute atomic E-state index is 14.0. The van der Waals surface area contributed by atoms with E-state index in [0.29, 0.717) is 24.2 Å². The number of Topliss-reactive ketones (excluding diaryl/α,β-unsaturated/α-hetero) is 1. The second-order valence-corrected chi connectivity index (χ2v) is 11.0. The molecular formula is C27H32O8. The third-order valence-electron chi connectivity index (χ3n) is 9.13. The molecule has 2 unspecified atom stereocenters. The lowest BCUT2D eigenvalue weighted by Crippen LogP contribution is -2.71. The molecule has 3 aliphatic rings. The number of hydrogen-bond acceptors (Lipinski definition) is 8. The highest BCUT2D eigenvalue weighted by atomic mass is 16.5. The molecule has 0 saturated heterocycles. The van der Waals surface area contributed by atoms with Crippen LogP contribution in [-0.4, -0.2) is 52.6 Å². The quantitative estimate of drug-likeness (QED) is 0.607. The van der Waals surface area contributed by atoms with Gasteiger partial charge in [-0.25, -0.2) is 4.79 Å². The van der Waals surface area contributed by atoms with Crippen LogP contribution in [-0.2, 0) is 0 Å². The predicted molar refractivity (Wildman–Crippen MR) is 126 cm³/mol. The molecule has 7 atom stereocenters. The smallest absolute Gasteiger partial charge is 0.351 e. The molecule has 5 rings (SSSR count). The molecule has 0 spiro atoms. The van der Waals surface area contributed by atoms with E-state index in [2.05, 4.69) is 0 Å². The SMILES string of the molecule is COc1ccc(-c2cc3c(c(=O)o2)C(=O)C2[C@@]4(C)CC[C@H](O)[C@@](C)(CO)C4C[C@H](O)[C@@]2(C)O3)cc1. The predicted octanol–water partition coefficient (Wildman–Crippen LogP) is 2.81. The van der Waals surface area contributed by atoms with Crippen LogP contribution in [0, 0.1) is 22.7 Å². The number of carbonyl (C=O) groups is 1. The number of carbonyl (C=O) groups excluding carboxylic acids is 1. The van der Waals surface area contributed by atoms with Crippen molar-refractivity contribution in [1.29, 1.82) is 0 Å². The third kappa shape index (κ3) is 3.23. The van der Waals surface area contributed by atoms with Crippen LogP contribution in [0.4, 0.5) is 0 Å². The van der Waals surface area contributed by atoms with Crippen LogP contribution in [0.2, 0.25) is 0 Å². The number of ether oxygens (including phenoxy) is 2. The normalized spacial score (nSPS) is 38.1. The Bertz CT molecular complexity index is 1220. The van der Waals surface area contributed by atoms with E-state index in [0.717, 1.165) is 0 Å². The van der Waals surface area contributed by atoms with Gasteiger partial charge in [0.25, 0.3) is 0 Å². The minimum Gasteiger partial charge on any atom is -0.497 e. The van der Waals surface area contributed by atoms with Crippen LogP contribution in [0.1, 0.15) is 50.4 Å². The summed E-state index contributed by atoms with van der Waals surface area (Å²) in [6, 6.07) is 8.48. The van der Waals surface area contributed by atoms with Crippen LogP contribution >= 0.6 is 0 Å². The van der Waals surface area contributed by atoms with Crippen LogP contribution < -0.4 is 15.1 Å². The molecule has 8 heteroatoms. The molecule has 1 aromatic heterocycles. The highest BCUT2D eigenvalue weighted by Crippen LogP contribution is 2.64. The maximum atomic E-state index is 14.0. The van der Waals surface area contributed by atoms with Gasteiger partial charge in [0.1, 0.15) is 28.4 Å². The summed E-state index contributed by atoms with van der Waals surface area (Å²) in [6.45, 7) is 5.19. The first kappa shape index (κ1) is 24.0. The number of methoxy groups -OCH3 is 1. The summed E-state index contributed by atoms with van der Waals surface area (Å²) < 4.78 is 17.1. The molecule has 1 aliphatic heterocycles. The second-order valence-electron chi connectivity index (χ2n) is 11.0. The van der Waals surface area contributed by atoms with Crippen LogP contribution in [0.5, 0.6) is 11.5 Å². The van der Waals surface area contributed by atoms with Gasteiger partial charge in [0.05, 0.1) is 31.8 Å². The van der Waals surface area contributed by atoms with Crippen molar-refractivity contribution in [2.45, 2.75) is 57.8 Å². The molecule has 2 saturated carbocycles. The molecule has 188 valence electrons. The zero-order valence-electron chi connectivity index (χ0n) is 20.4. The Morgan fingerprint density at radius 1 is 1.09 bits per heavy atom. The van der Waals surface area contributed by atoms with E-state index >= 15 is 0 Å². The Morgan fingerprint density at radius 3 is 2.40 bits per heavy atom. The Labute approximate surface area is 203 Å². The molecule has 0 radical (unpaired) electrons. The lowest BCUT2D eigenvalue weighted by atomic mass is 9.43. The number of rotatable bonds is 3. The van der Waals surface area contributed by atoms with Crippen LogP contribution in [0.3, 0.4) is 0 Å². The van der Waals surface area contributed by atoms with Crippen molar-refractivity contribution in [3.63, 3.8) is 0 Å². The van der Waals surface area contributed by atoms with E-state index in [4.69, 9.17) is 13.9 Å². The number of ketones is 1. The molecule has 0 amide bonds. The van der Waals surface area contributed by atoms with E-state index in [9.17, 15) is 24.9 Å². The van der Waals surface area contributed by atoms with Crippen molar-refractivity contribution >= 4 is 5.78 Å². The Kier molecular flexibility index (Phi) is 5.43. The average Bonchev–Trinajstić information content (AvgIpc) is 2.83. The first-order valence-electron chi connectivity index (χ1n) is 12.0. The zero-order valence-corrected chi connectivity index (χ0v) is 20.4. The van der Waals surface area contributed by atoms with Gasteiger partial charge in [-0.05, 0) is 61.8 Å². The van der Waals surface area contributed by atoms with Crippen LogP contribution in [0.25, 0.3) is 11.3 Å². The molecule has 3 N–H and O–H groups in total. The summed E-state index contributed by atoms with van der Waals surface area (Å²) in [5.74, 6) is -0.629. The van der Waals surface area contributed by atoms with E-state index < -0.39 is 46.0 Å². The lowest BCUT2D eigenvalue weighted by molar-refractivity contribution is -0.226. The fourth-order valence-electron chi connectivity index (χ4n) is 7.08. The van der Waals surface area contributed by atoms with Gasteiger partial charge in [-0.2, -0.15) is 0 Å². The minimum absolute atomic E-state index is 0.0951. The maximum Gasteiger partial charge on any atom is 0.351 e. The fourth-order valence-corrected chi connectivity index (χ4v) is 7.08. The summed E-state index contributed by atoms with van der Waals surface area (Å²) in [7, 11) is 1.56. The molecule has 2 fully saturated rings. The summed E-state index contributed by atoms with van der Waals surface area (Å²) in [5, 5.41) is 32.3. The number of benzene rings is 1. The number of aliphatic hydroxyl groups is 3. The van der Waals surface area contributed by atoms with Crippen LogP contribution in [0.15, 0.2) is 39.5 Å². The Balaban J connectivity index is 1.63. The fraction of sp³-hybridized carbons (Fsp3) is 0.556. The van der Waals surface area contributed by atoms with Crippen molar-refractivity contribution in [1.82, 2.24) is 0 Å². The number of fused-ring (bicyclic) bond motifs is 4. The van der Waals surface area contributed by atoms with Gasteiger partial charge >= 0.3 is 5.63 Å². The van der Waals surface area contributed by atoms with Crippen molar-refractivity contribution in [2.24, 2.45) is 22.7 Å². The molecule has 8 nitrogen and oxygen atoms in total. The van der Waals surface area contributed by atoms with E-state index in [-0.39, 0.29) is 36.0 Å². The number of hydrogen-bond donors (Lipinski definition) is 3. The topological polar surface area (TPSA) is 126 Å². The van der Waals surface area contributed by atoms with Crippen molar-refractivity contribution < 1.29 is 34.0 Å². The minimum atomic E-state index is -1.28. The van der Waals surface area contributed by atoms with E-state index in [1.54, 1.807) is 45.2 Å². The first-order chi connectivity index (χ1) is 16.5. The first-order valence-corrected chi connectivity index (χ1v) is 12.0. The molecule has 2 aliphatic carbocycles. The highest BCUT2D eigenvalue weighted by Gasteiger charge is 2.69. The van der Waals surface area contributed by atoms with Gasteiger partial charge in [0, 0.05) is 17.0 Å². The third-order valence-corrected chi connectivity index (χ3v) is 9.13. The Morgan fingerprint density at radius 2 is 1.77 bits per heavy atom. The Hall–Kier alpha value is -2.68. The largest absolute Gasteiger partial charge is 0.497 e. The van der Waals surface area contributed by atoms with Gasteiger partial charge < -0.3 is 29.2 Å². The summed E-state index contributed by atoms with van der Waals surface area (Å²) in [6.07, 6.45) is -0.645. The summed E-state index contributed by atoms with van der Waals surface area (Å²) >= 11 is 0. The van der Waals surface area contributed by atoms with Gasteiger partial charge in [-0.1, -0.05) is 13.8 Å². The van der Waals surface area contributed by atoms with Crippen molar-refractivity contribution in [2.75, 3.05) is 13.7 Å². The van der Waals surface area contributed by atoms with Gasteiger partial charge in [0.2, 0.25) is 0 Å². The van der Waals surface area contributed by atoms with E-state index in [1.165, 1.54) is 6.07 Å². The molecule has 1 aromatic carbocycles. The monoisotopic (exact) mass is 484 g/mol. The van der Waals surface area contributed by atoms with Gasteiger partial charge in [-0.3, -0.25) is 4.79 Å². The standard InChI is InChI=1S/C27H32O8/c1-25-10-9-19(29)26(2,13-28)18(25)12-20(30)27(3)23(25)22(31)21-17(35-27)11-16(34-24(21)32)14-5-7-15(33-4)8-6-14/h5-8,11,18-20,23,28-30H,9-10,12-13H2,1-4H3/t18?,19-,20-,23?,25-,26-,27+/m0/s1. The second kappa shape index (κ2) is 7.91. The summed E-state index contributed by atoms with van der Waals surface area (Å²) in [5.41, 5.74) is -3.21. The number of aliphatic hydroxyl groups excluding tert-OH is 3. The van der Waals surface area contributed by atoms with Crippen molar-refractivity contribution in [3.05, 3.63) is 46.3 Å².